The Hall–Kier alpha value is -2.66. The Morgan fingerprint density at radius 2 is 1.13 bits per heavy atom. The summed E-state index contributed by atoms with van der Waals surface area (Å²) in [5, 5.41) is 0. The molecule has 156 valence electrons. The van der Waals surface area contributed by atoms with E-state index in [9.17, 15) is 9.59 Å². The van der Waals surface area contributed by atoms with Gasteiger partial charge in [0, 0.05) is 12.1 Å². The van der Waals surface area contributed by atoms with Crippen LogP contribution in [0.5, 0.6) is 0 Å². The first-order valence-electron chi connectivity index (χ1n) is 10.9. The summed E-state index contributed by atoms with van der Waals surface area (Å²) in [5.41, 5.74) is 1.05. The third-order valence-electron chi connectivity index (χ3n) is 7.30. The molecular weight excluding hydrogens is 378 g/mol. The summed E-state index contributed by atoms with van der Waals surface area (Å²) in [7, 11) is 2.20. The highest BCUT2D eigenvalue weighted by Crippen LogP contribution is 2.52. The van der Waals surface area contributed by atoms with Gasteiger partial charge in [0.05, 0.1) is 11.1 Å². The van der Waals surface area contributed by atoms with Gasteiger partial charge >= 0.3 is 11.9 Å². The minimum Gasteiger partial charge on any atom is -0.455 e. The number of esters is 2. The van der Waals surface area contributed by atoms with E-state index in [-0.39, 0.29) is 11.9 Å². The van der Waals surface area contributed by atoms with Crippen molar-refractivity contribution in [2.45, 2.75) is 50.0 Å². The molecule has 0 radical (unpaired) electrons. The lowest BCUT2D eigenvalue weighted by Gasteiger charge is -2.41. The average Bonchev–Trinajstić information content (AvgIpc) is 3.27. The molecule has 2 aromatic carbocycles. The Morgan fingerprint density at radius 1 is 0.733 bits per heavy atom. The molecule has 2 bridgehead atoms. The normalized spacial score (nSPS) is 32.4. The summed E-state index contributed by atoms with van der Waals surface area (Å²) in [4.78, 5) is 28.0. The van der Waals surface area contributed by atoms with E-state index in [4.69, 9.17) is 9.47 Å². The minimum atomic E-state index is -0.417. The molecule has 5 rings (SSSR count). The monoisotopic (exact) mass is 405 g/mol. The van der Waals surface area contributed by atoms with Crippen LogP contribution in [0.4, 0.5) is 0 Å². The summed E-state index contributed by atoms with van der Waals surface area (Å²) in [6.45, 7) is 0. The molecule has 0 spiro atoms. The van der Waals surface area contributed by atoms with Crippen LogP contribution in [0.2, 0.25) is 0 Å². The van der Waals surface area contributed by atoms with Crippen LogP contribution in [-0.4, -0.2) is 48.2 Å². The number of nitrogens with zero attached hydrogens (tertiary/aromatic N) is 1. The van der Waals surface area contributed by atoms with Crippen molar-refractivity contribution >= 4 is 11.9 Å². The molecule has 5 nitrogen and oxygen atoms in total. The second kappa shape index (κ2) is 7.88. The lowest BCUT2D eigenvalue weighted by molar-refractivity contribution is -0.0758. The molecule has 2 heterocycles. The van der Waals surface area contributed by atoms with Crippen molar-refractivity contribution in [2.24, 2.45) is 11.8 Å². The van der Waals surface area contributed by atoms with Crippen LogP contribution >= 0.6 is 0 Å². The molecule has 0 aromatic heterocycles. The van der Waals surface area contributed by atoms with Gasteiger partial charge in [0.1, 0.15) is 12.2 Å². The number of hydrogen-bond donors (Lipinski definition) is 0. The first kappa shape index (κ1) is 19.3. The minimum absolute atomic E-state index is 0.351. The van der Waals surface area contributed by atoms with E-state index < -0.39 is 12.2 Å². The van der Waals surface area contributed by atoms with E-state index in [2.05, 4.69) is 11.9 Å². The SMILES string of the molecule is CN1C2CCC1C1CC(OC(=O)c3ccccc3)C(OC(=O)c3ccccc3)CC12. The molecule has 1 saturated carbocycles. The van der Waals surface area contributed by atoms with Crippen molar-refractivity contribution in [3.8, 4) is 0 Å². The molecule has 2 aliphatic heterocycles. The summed E-state index contributed by atoms with van der Waals surface area (Å²) in [6, 6.07) is 19.2. The topological polar surface area (TPSA) is 55.8 Å². The fourth-order valence-corrected chi connectivity index (χ4v) is 5.91. The van der Waals surface area contributed by atoms with Gasteiger partial charge in [-0.1, -0.05) is 36.4 Å². The predicted octanol–water partition coefficient (Wildman–Crippen LogP) is 3.94. The van der Waals surface area contributed by atoms with E-state index in [1.165, 1.54) is 12.8 Å². The standard InChI is InChI=1S/C25H27NO4/c1-26-20-12-13-21(26)19-15-23(30-25(28)17-10-6-3-7-11-17)22(14-18(19)20)29-24(27)16-8-4-2-5-9-16/h2-11,18-23H,12-15H2,1H3. The highest BCUT2D eigenvalue weighted by Gasteiger charge is 2.56. The van der Waals surface area contributed by atoms with Gasteiger partial charge in [-0.2, -0.15) is 0 Å². The molecule has 5 heteroatoms. The summed E-state index contributed by atoms with van der Waals surface area (Å²) < 4.78 is 11.9. The predicted molar refractivity (Wildman–Crippen MR) is 112 cm³/mol. The Kier molecular flexibility index (Phi) is 5.07. The Morgan fingerprint density at radius 3 is 1.53 bits per heavy atom. The highest BCUT2D eigenvalue weighted by molar-refractivity contribution is 5.90. The first-order valence-corrected chi connectivity index (χ1v) is 10.9. The van der Waals surface area contributed by atoms with Crippen LogP contribution in [0.25, 0.3) is 0 Å². The van der Waals surface area contributed by atoms with E-state index in [1.54, 1.807) is 24.3 Å². The maximum absolute atomic E-state index is 12.8. The lowest BCUT2D eigenvalue weighted by atomic mass is 9.69. The smallest absolute Gasteiger partial charge is 0.338 e. The zero-order valence-corrected chi connectivity index (χ0v) is 17.1. The van der Waals surface area contributed by atoms with Crippen molar-refractivity contribution in [3.05, 3.63) is 71.8 Å². The van der Waals surface area contributed by atoms with Crippen LogP contribution in [0.15, 0.2) is 60.7 Å². The third-order valence-corrected chi connectivity index (χ3v) is 7.30. The molecule has 3 fully saturated rings. The Bertz CT molecular complexity index is 840. The number of carbonyl (C=O) groups excluding carboxylic acids is 2. The van der Waals surface area contributed by atoms with E-state index in [0.29, 0.717) is 35.0 Å². The molecular formula is C25H27NO4. The summed E-state index contributed by atoms with van der Waals surface area (Å²) >= 11 is 0. The van der Waals surface area contributed by atoms with Gasteiger partial charge in [0.25, 0.3) is 0 Å². The van der Waals surface area contributed by atoms with Gasteiger partial charge in [-0.3, -0.25) is 4.90 Å². The van der Waals surface area contributed by atoms with Crippen molar-refractivity contribution < 1.29 is 19.1 Å². The van der Waals surface area contributed by atoms with Crippen LogP contribution in [0.1, 0.15) is 46.4 Å². The Labute approximate surface area is 177 Å². The number of fused-ring (bicyclic) bond motifs is 5. The number of rotatable bonds is 4. The molecule has 3 aliphatic rings. The van der Waals surface area contributed by atoms with Crippen LogP contribution in [-0.2, 0) is 9.47 Å². The molecule has 2 aromatic rings. The Balaban J connectivity index is 1.37. The molecule has 1 aliphatic carbocycles. The quantitative estimate of drug-likeness (QED) is 0.721. The second-order valence-electron chi connectivity index (χ2n) is 8.80. The highest BCUT2D eigenvalue weighted by atomic mass is 16.6. The van der Waals surface area contributed by atoms with E-state index >= 15 is 0 Å². The largest absolute Gasteiger partial charge is 0.455 e. The maximum Gasteiger partial charge on any atom is 0.338 e. The lowest BCUT2D eigenvalue weighted by Crippen LogP contribution is -2.47. The third kappa shape index (κ3) is 3.41. The van der Waals surface area contributed by atoms with Gasteiger partial charge < -0.3 is 9.47 Å². The molecule has 2 saturated heterocycles. The van der Waals surface area contributed by atoms with Crippen molar-refractivity contribution in [3.63, 3.8) is 0 Å². The van der Waals surface area contributed by atoms with Crippen molar-refractivity contribution in [1.29, 1.82) is 0 Å². The number of ether oxygens (including phenoxy) is 2. The number of carbonyl (C=O) groups is 2. The maximum atomic E-state index is 12.8. The fourth-order valence-electron chi connectivity index (χ4n) is 5.91. The average molecular weight is 405 g/mol. The summed E-state index contributed by atoms with van der Waals surface area (Å²) in [5.74, 6) is 0.288. The van der Waals surface area contributed by atoms with Crippen molar-refractivity contribution in [2.75, 3.05) is 7.05 Å². The summed E-state index contributed by atoms with van der Waals surface area (Å²) in [6.07, 6.45) is 3.08. The van der Waals surface area contributed by atoms with Gasteiger partial charge in [0.15, 0.2) is 0 Å². The number of hydrogen-bond acceptors (Lipinski definition) is 5. The second-order valence-corrected chi connectivity index (χ2v) is 8.80. The molecule has 0 N–H and O–H groups in total. The zero-order valence-electron chi connectivity index (χ0n) is 17.1. The molecule has 30 heavy (non-hydrogen) atoms. The van der Waals surface area contributed by atoms with Gasteiger partial charge in [-0.15, -0.1) is 0 Å². The van der Waals surface area contributed by atoms with Gasteiger partial charge in [0.2, 0.25) is 0 Å². The van der Waals surface area contributed by atoms with Crippen LogP contribution < -0.4 is 0 Å². The zero-order chi connectivity index (χ0) is 20.7. The van der Waals surface area contributed by atoms with Crippen LogP contribution in [0.3, 0.4) is 0 Å². The fraction of sp³-hybridized carbons (Fsp3) is 0.440. The van der Waals surface area contributed by atoms with E-state index in [1.807, 2.05) is 36.4 Å². The van der Waals surface area contributed by atoms with Crippen LogP contribution in [0, 0.1) is 11.8 Å². The van der Waals surface area contributed by atoms with E-state index in [0.717, 1.165) is 12.8 Å². The van der Waals surface area contributed by atoms with Gasteiger partial charge in [-0.25, -0.2) is 9.59 Å². The first-order chi connectivity index (χ1) is 14.6. The van der Waals surface area contributed by atoms with Gasteiger partial charge in [-0.05, 0) is 68.8 Å². The number of benzene rings is 2. The molecule has 6 atom stereocenters. The molecule has 6 unspecified atom stereocenters. The van der Waals surface area contributed by atoms with Crippen molar-refractivity contribution in [1.82, 2.24) is 4.90 Å². The molecule has 0 amide bonds.